The molecule has 1 aromatic carbocycles. The van der Waals surface area contributed by atoms with Crippen molar-refractivity contribution in [3.05, 3.63) is 18.2 Å². The first-order chi connectivity index (χ1) is 9.77. The lowest BCUT2D eigenvalue weighted by molar-refractivity contribution is -0.117. The Labute approximate surface area is 125 Å². The summed E-state index contributed by atoms with van der Waals surface area (Å²) in [5.41, 5.74) is 0.385. The van der Waals surface area contributed by atoms with E-state index in [0.29, 0.717) is 18.7 Å². The van der Waals surface area contributed by atoms with Crippen LogP contribution in [0.15, 0.2) is 23.1 Å². The highest BCUT2D eigenvalue weighted by Crippen LogP contribution is 2.26. The number of benzene rings is 1. The van der Waals surface area contributed by atoms with Crippen LogP contribution in [-0.2, 0) is 14.8 Å². The van der Waals surface area contributed by atoms with Gasteiger partial charge in [-0.3, -0.25) is 4.79 Å². The minimum absolute atomic E-state index is 0.134. The van der Waals surface area contributed by atoms with Gasteiger partial charge in [0.2, 0.25) is 15.9 Å². The summed E-state index contributed by atoms with van der Waals surface area (Å²) in [6.07, 6.45) is 1.29. The number of hydrogen-bond acceptors (Lipinski definition) is 4. The van der Waals surface area contributed by atoms with E-state index in [1.54, 1.807) is 13.0 Å². The zero-order valence-corrected chi connectivity index (χ0v) is 13.4. The van der Waals surface area contributed by atoms with Gasteiger partial charge in [0, 0.05) is 12.1 Å². The van der Waals surface area contributed by atoms with Gasteiger partial charge in [-0.25, -0.2) is 13.6 Å². The number of ether oxygens (including phenoxy) is 1. The quantitative estimate of drug-likeness (QED) is 0.805. The maximum Gasteiger partial charge on any atom is 0.241 e. The smallest absolute Gasteiger partial charge is 0.241 e. The van der Waals surface area contributed by atoms with E-state index < -0.39 is 10.0 Å². The number of hydrogen-bond donors (Lipinski definition) is 2. The third-order valence-electron chi connectivity index (χ3n) is 3.06. The van der Waals surface area contributed by atoms with Crippen LogP contribution in [0.4, 0.5) is 5.69 Å². The second kappa shape index (κ2) is 7.42. The number of nitrogens with one attached hydrogen (secondary N) is 1. The Morgan fingerprint density at radius 1 is 1.38 bits per heavy atom. The monoisotopic (exact) mass is 314 g/mol. The molecule has 0 radical (unpaired) electrons. The molecule has 1 amide bonds. The van der Waals surface area contributed by atoms with Crippen molar-refractivity contribution >= 4 is 21.6 Å². The maximum absolute atomic E-state index is 11.8. The zero-order chi connectivity index (χ0) is 16.0. The lowest BCUT2D eigenvalue weighted by Crippen LogP contribution is -2.17. The van der Waals surface area contributed by atoms with Gasteiger partial charge < -0.3 is 10.1 Å². The summed E-state index contributed by atoms with van der Waals surface area (Å²) in [7, 11) is -3.92. The van der Waals surface area contributed by atoms with Gasteiger partial charge in [-0.05, 0) is 31.0 Å². The van der Waals surface area contributed by atoms with Crippen molar-refractivity contribution in [3.63, 3.8) is 0 Å². The molecule has 0 saturated heterocycles. The van der Waals surface area contributed by atoms with Crippen LogP contribution in [0.25, 0.3) is 0 Å². The molecule has 0 saturated carbocycles. The molecule has 0 heterocycles. The predicted octanol–water partition coefficient (Wildman–Crippen LogP) is 2.11. The van der Waals surface area contributed by atoms with Crippen molar-refractivity contribution in [2.45, 2.75) is 38.5 Å². The highest BCUT2D eigenvalue weighted by Gasteiger charge is 2.17. The fraction of sp³-hybridized carbons (Fsp3) is 0.500. The fourth-order valence-corrected chi connectivity index (χ4v) is 2.45. The Morgan fingerprint density at radius 3 is 2.57 bits per heavy atom. The first kappa shape index (κ1) is 17.5. The largest absolute Gasteiger partial charge is 0.492 e. The van der Waals surface area contributed by atoms with Crippen LogP contribution in [0.1, 0.15) is 33.6 Å². The SMILES string of the molecule is CCOc1ccc(NC(=O)CC(C)CC)cc1S(N)(=O)=O. The number of amides is 1. The van der Waals surface area contributed by atoms with Crippen LogP contribution >= 0.6 is 0 Å². The van der Waals surface area contributed by atoms with Crippen molar-refractivity contribution in [2.75, 3.05) is 11.9 Å². The van der Waals surface area contributed by atoms with Gasteiger partial charge in [0.1, 0.15) is 10.6 Å². The molecule has 0 spiro atoms. The van der Waals surface area contributed by atoms with E-state index in [1.807, 2.05) is 13.8 Å². The Kier molecular flexibility index (Phi) is 6.17. The highest BCUT2D eigenvalue weighted by molar-refractivity contribution is 7.89. The average Bonchev–Trinajstić information content (AvgIpc) is 2.39. The molecule has 0 aromatic heterocycles. The molecule has 3 N–H and O–H groups in total. The molecule has 0 aliphatic heterocycles. The van der Waals surface area contributed by atoms with Gasteiger partial charge in [0.15, 0.2) is 0 Å². The van der Waals surface area contributed by atoms with Crippen LogP contribution < -0.4 is 15.2 Å². The van der Waals surface area contributed by atoms with E-state index in [9.17, 15) is 13.2 Å². The van der Waals surface area contributed by atoms with Crippen molar-refractivity contribution in [3.8, 4) is 5.75 Å². The first-order valence-corrected chi connectivity index (χ1v) is 8.42. The second-order valence-corrected chi connectivity index (χ2v) is 6.44. The number of carbonyl (C=O) groups is 1. The van der Waals surface area contributed by atoms with E-state index in [1.165, 1.54) is 12.1 Å². The molecular weight excluding hydrogens is 292 g/mol. The summed E-state index contributed by atoms with van der Waals surface area (Å²) >= 11 is 0. The summed E-state index contributed by atoms with van der Waals surface area (Å²) < 4.78 is 28.4. The van der Waals surface area contributed by atoms with Crippen LogP contribution in [0.5, 0.6) is 5.75 Å². The number of anilines is 1. The van der Waals surface area contributed by atoms with Crippen molar-refractivity contribution < 1.29 is 17.9 Å². The van der Waals surface area contributed by atoms with E-state index >= 15 is 0 Å². The molecule has 0 fully saturated rings. The van der Waals surface area contributed by atoms with Gasteiger partial charge >= 0.3 is 0 Å². The van der Waals surface area contributed by atoms with Gasteiger partial charge in [-0.2, -0.15) is 0 Å². The molecule has 118 valence electrons. The lowest BCUT2D eigenvalue weighted by atomic mass is 10.1. The topological polar surface area (TPSA) is 98.5 Å². The number of rotatable bonds is 7. The molecular formula is C14H22N2O4S. The number of carbonyl (C=O) groups excluding carboxylic acids is 1. The molecule has 0 aliphatic rings. The summed E-state index contributed by atoms with van der Waals surface area (Å²) in [5, 5.41) is 7.84. The molecule has 6 nitrogen and oxygen atoms in total. The summed E-state index contributed by atoms with van der Waals surface area (Å²) in [6.45, 7) is 6.05. The zero-order valence-electron chi connectivity index (χ0n) is 12.5. The van der Waals surface area contributed by atoms with E-state index in [2.05, 4.69) is 5.32 Å². The summed E-state index contributed by atoms with van der Waals surface area (Å²) in [6, 6.07) is 4.39. The Bertz CT molecular complexity index is 599. The average molecular weight is 314 g/mol. The van der Waals surface area contributed by atoms with E-state index in [-0.39, 0.29) is 22.5 Å². The van der Waals surface area contributed by atoms with Crippen molar-refractivity contribution in [1.29, 1.82) is 0 Å². The molecule has 1 aromatic rings. The predicted molar refractivity (Wildman–Crippen MR) is 81.7 cm³/mol. The van der Waals surface area contributed by atoms with Crippen LogP contribution in [0.3, 0.4) is 0 Å². The van der Waals surface area contributed by atoms with Crippen molar-refractivity contribution in [1.82, 2.24) is 0 Å². The van der Waals surface area contributed by atoms with Crippen LogP contribution in [0.2, 0.25) is 0 Å². The van der Waals surface area contributed by atoms with Crippen molar-refractivity contribution in [2.24, 2.45) is 11.1 Å². The summed E-state index contributed by atoms with van der Waals surface area (Å²) in [4.78, 5) is 11.7. The molecule has 1 unspecified atom stereocenters. The summed E-state index contributed by atoms with van der Waals surface area (Å²) in [5.74, 6) is 0.291. The maximum atomic E-state index is 11.8. The molecule has 21 heavy (non-hydrogen) atoms. The molecule has 0 aliphatic carbocycles. The number of nitrogens with two attached hydrogens (primary N) is 1. The molecule has 1 atom stereocenters. The van der Waals surface area contributed by atoms with Crippen LogP contribution in [0, 0.1) is 5.92 Å². The Morgan fingerprint density at radius 2 is 2.05 bits per heavy atom. The minimum Gasteiger partial charge on any atom is -0.492 e. The van der Waals surface area contributed by atoms with Gasteiger partial charge in [-0.15, -0.1) is 0 Å². The molecule has 7 heteroatoms. The number of primary sulfonamides is 1. The van der Waals surface area contributed by atoms with Crippen LogP contribution in [-0.4, -0.2) is 20.9 Å². The highest BCUT2D eigenvalue weighted by atomic mass is 32.2. The first-order valence-electron chi connectivity index (χ1n) is 6.87. The van der Waals surface area contributed by atoms with E-state index in [0.717, 1.165) is 6.42 Å². The normalized spacial score (nSPS) is 12.8. The fourth-order valence-electron chi connectivity index (χ4n) is 1.76. The Balaban J connectivity index is 2.98. The minimum atomic E-state index is -3.92. The van der Waals surface area contributed by atoms with Gasteiger partial charge in [-0.1, -0.05) is 20.3 Å². The van der Waals surface area contributed by atoms with E-state index in [4.69, 9.17) is 9.88 Å². The lowest BCUT2D eigenvalue weighted by Gasteiger charge is -2.12. The molecule has 0 bridgehead atoms. The standard InChI is InChI=1S/C14H22N2O4S/c1-4-10(3)8-14(17)16-11-6-7-12(20-5-2)13(9-11)21(15,18)19/h6-7,9-10H,4-5,8H2,1-3H3,(H,16,17)(H2,15,18,19). The van der Waals surface area contributed by atoms with Gasteiger partial charge in [0.05, 0.1) is 6.61 Å². The number of sulfonamides is 1. The molecule has 1 rings (SSSR count). The Hall–Kier alpha value is -1.60. The van der Waals surface area contributed by atoms with Gasteiger partial charge in [0.25, 0.3) is 0 Å². The third-order valence-corrected chi connectivity index (χ3v) is 4.00. The second-order valence-electron chi connectivity index (χ2n) is 4.91. The third kappa shape index (κ3) is 5.35.